The number of ether oxygens (including phenoxy) is 2. The Morgan fingerprint density at radius 1 is 1.20 bits per heavy atom. The molecule has 0 aromatic heterocycles. The van der Waals surface area contributed by atoms with Crippen molar-refractivity contribution in [1.29, 1.82) is 0 Å². The van der Waals surface area contributed by atoms with E-state index in [0.29, 0.717) is 12.8 Å². The molecule has 6 rings (SSSR count). The van der Waals surface area contributed by atoms with Crippen molar-refractivity contribution in [2.75, 3.05) is 13.6 Å². The van der Waals surface area contributed by atoms with E-state index < -0.39 is 33.2 Å². The van der Waals surface area contributed by atoms with Crippen LogP contribution in [0.25, 0.3) is 0 Å². The van der Waals surface area contributed by atoms with Crippen LogP contribution in [0.15, 0.2) is 42.5 Å². The average molecular weight is 497 g/mol. The lowest BCUT2D eigenvalue weighted by atomic mass is 9.48. The second-order valence-corrected chi connectivity index (χ2v) is 12.4. The zero-order chi connectivity index (χ0) is 24.6. The fraction of sp³-hybridized carbons (Fsp3) is 0.519. The normalized spacial score (nSPS) is 33.1. The number of piperidine rings is 1. The molecule has 0 amide bonds. The molecule has 186 valence electrons. The van der Waals surface area contributed by atoms with Gasteiger partial charge in [-0.2, -0.15) is 0 Å². The van der Waals surface area contributed by atoms with E-state index in [4.69, 9.17) is 9.47 Å². The first-order chi connectivity index (χ1) is 16.7. The third-order valence-electron chi connectivity index (χ3n) is 8.85. The van der Waals surface area contributed by atoms with Crippen molar-refractivity contribution >= 4 is 16.0 Å². The van der Waals surface area contributed by atoms with Crippen LogP contribution in [-0.4, -0.2) is 56.7 Å². The zero-order valence-electron chi connectivity index (χ0n) is 20.4. The van der Waals surface area contributed by atoms with Crippen LogP contribution in [0.3, 0.4) is 0 Å². The monoisotopic (exact) mass is 496 g/mol. The fourth-order valence-corrected chi connectivity index (χ4v) is 9.05. The van der Waals surface area contributed by atoms with Gasteiger partial charge in [-0.05, 0) is 69.0 Å². The molecule has 2 aliphatic heterocycles. The summed E-state index contributed by atoms with van der Waals surface area (Å²) in [4.78, 5) is 14.8. The molecular formula is C27H32N2O5S. The minimum atomic E-state index is -3.62. The van der Waals surface area contributed by atoms with Crippen LogP contribution in [0.1, 0.15) is 48.4 Å². The van der Waals surface area contributed by atoms with Crippen molar-refractivity contribution in [3.05, 3.63) is 64.7 Å². The van der Waals surface area contributed by atoms with Crippen molar-refractivity contribution in [3.63, 3.8) is 0 Å². The number of esters is 1. The lowest BCUT2D eigenvalue weighted by molar-refractivity contribution is -0.215. The average Bonchev–Trinajstić information content (AvgIpc) is 3.14. The van der Waals surface area contributed by atoms with Crippen molar-refractivity contribution in [1.82, 2.24) is 9.62 Å². The van der Waals surface area contributed by atoms with Crippen molar-refractivity contribution in [3.8, 4) is 5.75 Å². The van der Waals surface area contributed by atoms with Gasteiger partial charge in [0, 0.05) is 12.5 Å². The van der Waals surface area contributed by atoms with E-state index >= 15 is 0 Å². The molecule has 0 radical (unpaired) electrons. The van der Waals surface area contributed by atoms with E-state index in [1.807, 2.05) is 43.3 Å². The van der Waals surface area contributed by atoms with Crippen LogP contribution < -0.4 is 9.46 Å². The van der Waals surface area contributed by atoms with Gasteiger partial charge in [-0.15, -0.1) is 0 Å². The first-order valence-corrected chi connectivity index (χ1v) is 14.1. The van der Waals surface area contributed by atoms with Gasteiger partial charge in [-0.1, -0.05) is 36.4 Å². The molecule has 1 spiro atoms. The predicted octanol–water partition coefficient (Wildman–Crippen LogP) is 2.84. The van der Waals surface area contributed by atoms with Crippen LogP contribution >= 0.6 is 0 Å². The molecule has 2 aromatic carbocycles. The fourth-order valence-electron chi connectivity index (χ4n) is 7.53. The number of benzene rings is 2. The minimum Gasteiger partial charge on any atom is -0.487 e. The second kappa shape index (κ2) is 7.79. The number of nitrogens with zero attached hydrogens (tertiary/aromatic N) is 1. The molecule has 0 unspecified atom stereocenters. The molecule has 2 heterocycles. The lowest BCUT2D eigenvalue weighted by Gasteiger charge is -2.64. The number of aryl methyl sites for hydroxylation is 1. The van der Waals surface area contributed by atoms with Crippen LogP contribution in [0.5, 0.6) is 5.75 Å². The molecule has 8 heteroatoms. The molecule has 2 bridgehead atoms. The Morgan fingerprint density at radius 3 is 2.77 bits per heavy atom. The van der Waals surface area contributed by atoms with Crippen molar-refractivity contribution in [2.45, 2.75) is 74.5 Å². The highest BCUT2D eigenvalue weighted by atomic mass is 32.2. The van der Waals surface area contributed by atoms with E-state index in [9.17, 15) is 13.2 Å². The quantitative estimate of drug-likeness (QED) is 0.641. The van der Waals surface area contributed by atoms with Crippen LogP contribution in [0.2, 0.25) is 0 Å². The van der Waals surface area contributed by atoms with E-state index in [2.05, 4.69) is 22.7 Å². The van der Waals surface area contributed by atoms with Gasteiger partial charge in [-0.25, -0.2) is 13.1 Å². The highest BCUT2D eigenvalue weighted by Gasteiger charge is 2.74. The predicted molar refractivity (Wildman–Crippen MR) is 132 cm³/mol. The third-order valence-corrected chi connectivity index (χ3v) is 10.2. The molecule has 1 saturated carbocycles. The summed E-state index contributed by atoms with van der Waals surface area (Å²) in [5.74, 6) is 0.432. The topological polar surface area (TPSA) is 84.9 Å². The van der Waals surface area contributed by atoms with Gasteiger partial charge in [0.25, 0.3) is 0 Å². The van der Waals surface area contributed by atoms with Crippen LogP contribution in [-0.2, 0) is 37.1 Å². The Balaban J connectivity index is 1.42. The molecule has 1 saturated heterocycles. The molecule has 2 aliphatic carbocycles. The maximum absolute atomic E-state index is 13.4. The number of carbonyl (C=O) groups excluding carboxylic acids is 1. The molecule has 2 fully saturated rings. The Hall–Kier alpha value is -2.42. The summed E-state index contributed by atoms with van der Waals surface area (Å²) in [7, 11) is -1.53. The summed E-state index contributed by atoms with van der Waals surface area (Å²) in [5.41, 5.74) is 2.76. The summed E-state index contributed by atoms with van der Waals surface area (Å²) >= 11 is 0. The molecule has 7 nitrogen and oxygen atoms in total. The molecule has 2 aromatic rings. The molecule has 4 aliphatic rings. The Morgan fingerprint density at radius 2 is 2.00 bits per heavy atom. The Bertz CT molecular complexity index is 1310. The van der Waals surface area contributed by atoms with Gasteiger partial charge in [0.15, 0.2) is 0 Å². The van der Waals surface area contributed by atoms with Crippen LogP contribution in [0.4, 0.5) is 0 Å². The molecule has 35 heavy (non-hydrogen) atoms. The van der Waals surface area contributed by atoms with Gasteiger partial charge in [0.05, 0.1) is 23.3 Å². The van der Waals surface area contributed by atoms with Gasteiger partial charge in [0.1, 0.15) is 17.5 Å². The maximum Gasteiger partial charge on any atom is 0.303 e. The molecule has 1 N–H and O–H groups in total. The summed E-state index contributed by atoms with van der Waals surface area (Å²) in [6.07, 6.45) is 2.23. The number of sulfonamides is 1. The standard InChI is InChI=1S/C27H32N2O5S/c1-17-7-4-5-8-20(17)16-35(31,32)28-21-11-12-27(34-18(2)30)23-15-19-9-6-10-22-24(19)26(27,25(21)33-22)13-14-29(23)3/h4-10,21,23,25,28H,11-16H2,1-3H3/t21-,23-,25+,26+,27-/m1/s1. The van der Waals surface area contributed by atoms with E-state index in [0.717, 1.165) is 41.8 Å². The van der Waals surface area contributed by atoms with Gasteiger partial charge < -0.3 is 9.47 Å². The largest absolute Gasteiger partial charge is 0.487 e. The van der Waals surface area contributed by atoms with Gasteiger partial charge in [-0.3, -0.25) is 9.69 Å². The molecular weight excluding hydrogens is 464 g/mol. The number of rotatable bonds is 5. The van der Waals surface area contributed by atoms with E-state index in [1.54, 1.807) is 0 Å². The zero-order valence-corrected chi connectivity index (χ0v) is 21.2. The first-order valence-electron chi connectivity index (χ1n) is 12.4. The Labute approximate surface area is 206 Å². The van der Waals surface area contributed by atoms with Gasteiger partial charge >= 0.3 is 5.97 Å². The summed E-state index contributed by atoms with van der Waals surface area (Å²) in [5, 5.41) is 0. The number of likely N-dealkylation sites (N-methyl/N-ethyl adjacent to an activating group) is 1. The third kappa shape index (κ3) is 3.22. The lowest BCUT2D eigenvalue weighted by Crippen LogP contribution is -2.78. The SMILES string of the molecule is CC(=O)O[C@@]12CC[C@@H](NS(=O)(=O)Cc3ccccc3C)[C@@H]3Oc4cccc5c4[C@@]31CCN(C)[C@@H]2C5. The number of hydrogen-bond donors (Lipinski definition) is 1. The summed E-state index contributed by atoms with van der Waals surface area (Å²) in [6.45, 7) is 4.24. The minimum absolute atomic E-state index is 0.0247. The van der Waals surface area contributed by atoms with E-state index in [-0.39, 0.29) is 17.8 Å². The van der Waals surface area contributed by atoms with Crippen molar-refractivity contribution < 1.29 is 22.7 Å². The highest BCUT2D eigenvalue weighted by Crippen LogP contribution is 2.65. The smallest absolute Gasteiger partial charge is 0.303 e. The van der Waals surface area contributed by atoms with Gasteiger partial charge in [0.2, 0.25) is 10.0 Å². The summed E-state index contributed by atoms with van der Waals surface area (Å²) in [6, 6.07) is 13.3. The number of nitrogens with one attached hydrogen (secondary N) is 1. The van der Waals surface area contributed by atoms with Crippen molar-refractivity contribution in [2.24, 2.45) is 0 Å². The van der Waals surface area contributed by atoms with Crippen LogP contribution in [0, 0.1) is 6.92 Å². The molecule has 5 atom stereocenters. The number of likely N-dealkylation sites (tertiary alicyclic amines) is 1. The Kier molecular flexibility index (Phi) is 5.12. The number of hydrogen-bond acceptors (Lipinski definition) is 6. The van der Waals surface area contributed by atoms with E-state index in [1.165, 1.54) is 12.5 Å². The number of carbonyl (C=O) groups is 1. The highest BCUT2D eigenvalue weighted by molar-refractivity contribution is 7.88. The summed E-state index contributed by atoms with van der Waals surface area (Å²) < 4.78 is 42.7. The maximum atomic E-state index is 13.4. The second-order valence-electron chi connectivity index (χ2n) is 10.7. The first kappa shape index (κ1) is 23.0.